The molecule has 2 atom stereocenters. The highest BCUT2D eigenvalue weighted by Gasteiger charge is 2.55. The molecule has 1 fully saturated rings. The molecule has 14 heavy (non-hydrogen) atoms. The van der Waals surface area contributed by atoms with Crippen molar-refractivity contribution in [3.05, 3.63) is 35.4 Å². The Morgan fingerprint density at radius 3 is 2.07 bits per heavy atom. The number of hydrogen-bond acceptors (Lipinski definition) is 1. The first-order valence-corrected chi connectivity index (χ1v) is 5.41. The lowest BCUT2D eigenvalue weighted by Crippen LogP contribution is -2.06. The van der Waals surface area contributed by atoms with Gasteiger partial charge < -0.3 is 5.73 Å². The van der Waals surface area contributed by atoms with Crippen molar-refractivity contribution >= 4 is 0 Å². The lowest BCUT2D eigenvalue weighted by atomic mass is 10.0. The van der Waals surface area contributed by atoms with Crippen molar-refractivity contribution in [2.45, 2.75) is 39.2 Å². The Morgan fingerprint density at radius 1 is 1.21 bits per heavy atom. The van der Waals surface area contributed by atoms with Crippen molar-refractivity contribution in [2.24, 2.45) is 11.1 Å². The van der Waals surface area contributed by atoms with Crippen LogP contribution in [0.5, 0.6) is 0 Å². The molecule has 0 spiro atoms. The Morgan fingerprint density at radius 2 is 1.71 bits per heavy atom. The third-order valence-corrected chi connectivity index (χ3v) is 3.66. The first-order chi connectivity index (χ1) is 6.57. The Labute approximate surface area is 86.3 Å². The van der Waals surface area contributed by atoms with Crippen LogP contribution in [0.4, 0.5) is 0 Å². The molecule has 0 heterocycles. The van der Waals surface area contributed by atoms with E-state index >= 15 is 0 Å². The quantitative estimate of drug-likeness (QED) is 0.760. The van der Waals surface area contributed by atoms with E-state index < -0.39 is 0 Å². The van der Waals surface area contributed by atoms with E-state index in [9.17, 15) is 0 Å². The SMILES string of the molecule is CCc1ccc(C2C(N)C2(C)C)cc1. The topological polar surface area (TPSA) is 26.0 Å². The second kappa shape index (κ2) is 3.09. The van der Waals surface area contributed by atoms with E-state index in [4.69, 9.17) is 5.73 Å². The largest absolute Gasteiger partial charge is 0.327 e. The van der Waals surface area contributed by atoms with Crippen molar-refractivity contribution in [3.8, 4) is 0 Å². The second-order valence-corrected chi connectivity index (χ2v) is 4.92. The summed E-state index contributed by atoms with van der Waals surface area (Å²) in [7, 11) is 0. The smallest absolute Gasteiger partial charge is 0.0172 e. The van der Waals surface area contributed by atoms with Crippen molar-refractivity contribution < 1.29 is 0 Å². The Bertz CT molecular complexity index is 324. The number of benzene rings is 1. The summed E-state index contributed by atoms with van der Waals surface area (Å²) in [6.45, 7) is 6.67. The third kappa shape index (κ3) is 1.36. The molecule has 76 valence electrons. The molecule has 2 N–H and O–H groups in total. The van der Waals surface area contributed by atoms with Gasteiger partial charge in [0, 0.05) is 12.0 Å². The van der Waals surface area contributed by atoms with E-state index in [0.717, 1.165) is 6.42 Å². The molecular formula is C13H19N. The minimum Gasteiger partial charge on any atom is -0.327 e. The van der Waals surface area contributed by atoms with Crippen LogP contribution in [0.2, 0.25) is 0 Å². The Hall–Kier alpha value is -0.820. The summed E-state index contributed by atoms with van der Waals surface area (Å²) >= 11 is 0. The first-order valence-electron chi connectivity index (χ1n) is 5.41. The molecule has 0 bridgehead atoms. The zero-order chi connectivity index (χ0) is 10.3. The number of nitrogens with two attached hydrogens (primary N) is 1. The van der Waals surface area contributed by atoms with E-state index in [1.807, 2.05) is 0 Å². The molecule has 1 heteroatoms. The minimum atomic E-state index is 0.299. The monoisotopic (exact) mass is 189 g/mol. The zero-order valence-corrected chi connectivity index (χ0v) is 9.25. The maximum Gasteiger partial charge on any atom is 0.0172 e. The van der Waals surface area contributed by atoms with Crippen LogP contribution in [-0.2, 0) is 6.42 Å². The van der Waals surface area contributed by atoms with Gasteiger partial charge in [-0.3, -0.25) is 0 Å². The molecule has 2 unspecified atom stereocenters. The van der Waals surface area contributed by atoms with Gasteiger partial charge in [-0.25, -0.2) is 0 Å². The summed E-state index contributed by atoms with van der Waals surface area (Å²) < 4.78 is 0. The summed E-state index contributed by atoms with van der Waals surface area (Å²) in [4.78, 5) is 0. The van der Waals surface area contributed by atoms with Crippen LogP contribution in [-0.4, -0.2) is 6.04 Å². The fourth-order valence-corrected chi connectivity index (χ4v) is 2.28. The first kappa shape index (κ1) is 9.72. The van der Waals surface area contributed by atoms with Crippen molar-refractivity contribution in [1.82, 2.24) is 0 Å². The highest BCUT2D eigenvalue weighted by molar-refractivity contribution is 5.35. The average Bonchev–Trinajstić information content (AvgIpc) is 2.67. The van der Waals surface area contributed by atoms with Crippen LogP contribution >= 0.6 is 0 Å². The van der Waals surface area contributed by atoms with Crippen LogP contribution in [0.15, 0.2) is 24.3 Å². The maximum atomic E-state index is 6.05. The zero-order valence-electron chi connectivity index (χ0n) is 9.25. The molecule has 1 saturated carbocycles. The molecule has 1 aromatic carbocycles. The van der Waals surface area contributed by atoms with Gasteiger partial charge in [0.05, 0.1) is 0 Å². The lowest BCUT2D eigenvalue weighted by Gasteiger charge is -2.03. The fourth-order valence-electron chi connectivity index (χ4n) is 2.28. The van der Waals surface area contributed by atoms with Gasteiger partial charge in [0.2, 0.25) is 0 Å². The van der Waals surface area contributed by atoms with Gasteiger partial charge in [-0.05, 0) is 23.0 Å². The van der Waals surface area contributed by atoms with Crippen LogP contribution < -0.4 is 5.73 Å². The molecule has 0 amide bonds. The number of rotatable bonds is 2. The molecule has 2 rings (SSSR count). The van der Waals surface area contributed by atoms with E-state index in [2.05, 4.69) is 45.0 Å². The van der Waals surface area contributed by atoms with Gasteiger partial charge in [0.1, 0.15) is 0 Å². The van der Waals surface area contributed by atoms with Crippen molar-refractivity contribution in [2.75, 3.05) is 0 Å². The summed E-state index contributed by atoms with van der Waals surface area (Å²) in [5.74, 6) is 0.563. The van der Waals surface area contributed by atoms with Crippen molar-refractivity contribution in [1.29, 1.82) is 0 Å². The fraction of sp³-hybridized carbons (Fsp3) is 0.538. The third-order valence-electron chi connectivity index (χ3n) is 3.66. The normalized spacial score (nSPS) is 28.9. The average molecular weight is 189 g/mol. The predicted molar refractivity (Wildman–Crippen MR) is 60.3 cm³/mol. The molecule has 1 aliphatic carbocycles. The summed E-state index contributed by atoms with van der Waals surface area (Å²) in [5, 5.41) is 0. The maximum absolute atomic E-state index is 6.05. The van der Waals surface area contributed by atoms with Gasteiger partial charge in [0.25, 0.3) is 0 Å². The molecule has 0 radical (unpaired) electrons. The Balaban J connectivity index is 2.20. The van der Waals surface area contributed by atoms with Gasteiger partial charge in [-0.15, -0.1) is 0 Å². The van der Waals surface area contributed by atoms with Gasteiger partial charge in [0.15, 0.2) is 0 Å². The van der Waals surface area contributed by atoms with Crippen LogP contribution in [0.1, 0.15) is 37.8 Å². The highest BCUT2D eigenvalue weighted by atomic mass is 14.8. The second-order valence-electron chi connectivity index (χ2n) is 4.92. The van der Waals surface area contributed by atoms with Crippen molar-refractivity contribution in [3.63, 3.8) is 0 Å². The van der Waals surface area contributed by atoms with E-state index in [1.54, 1.807) is 0 Å². The van der Waals surface area contributed by atoms with Crippen LogP contribution in [0, 0.1) is 5.41 Å². The predicted octanol–water partition coefficient (Wildman–Crippen LogP) is 2.70. The van der Waals surface area contributed by atoms with E-state index in [-0.39, 0.29) is 0 Å². The molecule has 1 nitrogen and oxygen atoms in total. The highest BCUT2D eigenvalue weighted by Crippen LogP contribution is 2.57. The molecule has 0 aliphatic heterocycles. The van der Waals surface area contributed by atoms with Gasteiger partial charge >= 0.3 is 0 Å². The molecule has 0 aromatic heterocycles. The summed E-state index contributed by atoms with van der Waals surface area (Å²) in [6, 6.07) is 9.25. The number of aryl methyl sites for hydroxylation is 1. The molecule has 0 saturated heterocycles. The van der Waals surface area contributed by atoms with Crippen LogP contribution in [0.25, 0.3) is 0 Å². The Kier molecular flexibility index (Phi) is 2.15. The van der Waals surface area contributed by atoms with E-state index in [1.165, 1.54) is 11.1 Å². The van der Waals surface area contributed by atoms with E-state index in [0.29, 0.717) is 17.4 Å². The van der Waals surface area contributed by atoms with Gasteiger partial charge in [-0.1, -0.05) is 45.0 Å². The summed E-state index contributed by atoms with van der Waals surface area (Å²) in [6.07, 6.45) is 1.11. The lowest BCUT2D eigenvalue weighted by molar-refractivity contribution is 0.599. The van der Waals surface area contributed by atoms with Crippen LogP contribution in [0.3, 0.4) is 0 Å². The minimum absolute atomic E-state index is 0.299. The summed E-state index contributed by atoms with van der Waals surface area (Å²) in [5.41, 5.74) is 9.15. The van der Waals surface area contributed by atoms with Gasteiger partial charge in [-0.2, -0.15) is 0 Å². The standard InChI is InChI=1S/C13H19N/c1-4-9-5-7-10(8-6-9)11-12(14)13(11,2)3/h5-8,11-12H,4,14H2,1-3H3. The molecular weight excluding hydrogens is 170 g/mol. The molecule has 1 aliphatic rings. The number of hydrogen-bond donors (Lipinski definition) is 1. The molecule has 1 aromatic rings.